The van der Waals surface area contributed by atoms with E-state index < -0.39 is 5.60 Å². The van der Waals surface area contributed by atoms with Gasteiger partial charge in [-0.2, -0.15) is 0 Å². The minimum Gasteiger partial charge on any atom is -0.489 e. The maximum Gasteiger partial charge on any atom is 0.410 e. The summed E-state index contributed by atoms with van der Waals surface area (Å²) >= 11 is 1.65. The summed E-state index contributed by atoms with van der Waals surface area (Å²) in [7, 11) is 0. The summed E-state index contributed by atoms with van der Waals surface area (Å²) in [5.41, 5.74) is 7.05. The molecule has 10 nitrogen and oxygen atoms in total. The van der Waals surface area contributed by atoms with Gasteiger partial charge in [-0.3, -0.25) is 0 Å². The van der Waals surface area contributed by atoms with Crippen molar-refractivity contribution in [3.05, 3.63) is 16.9 Å². The highest BCUT2D eigenvalue weighted by atomic mass is 32.1. The minimum absolute atomic E-state index is 0.186. The maximum atomic E-state index is 12.3. The third-order valence-electron chi connectivity index (χ3n) is 5.93. The molecule has 2 saturated heterocycles. The van der Waals surface area contributed by atoms with E-state index in [0.717, 1.165) is 60.0 Å². The predicted octanol–water partition coefficient (Wildman–Crippen LogP) is 3.39. The van der Waals surface area contributed by atoms with E-state index in [1.807, 2.05) is 20.8 Å². The normalized spacial score (nSPS) is 20.5. The SMILES string of the molecule is CC(C)(C)OC(=O)N1CCC(c2nc3c(s2)-c2nc(N)ncc2OCC3)CC1.OC1CCCOC1. The number of rotatable bonds is 1. The fraction of sp³-hybridized carbons (Fsp3) is 0.667. The second-order valence-corrected chi connectivity index (χ2v) is 11.0. The van der Waals surface area contributed by atoms with Gasteiger partial charge in [0, 0.05) is 32.0 Å². The molecular weight excluding hydrogens is 470 g/mol. The van der Waals surface area contributed by atoms with Crippen LogP contribution >= 0.6 is 11.3 Å². The van der Waals surface area contributed by atoms with E-state index in [1.54, 1.807) is 22.4 Å². The molecule has 0 aromatic carbocycles. The third kappa shape index (κ3) is 6.80. The Hall–Kier alpha value is -2.50. The van der Waals surface area contributed by atoms with Gasteiger partial charge in [0.1, 0.15) is 11.3 Å². The topological polar surface area (TPSA) is 133 Å². The number of aliphatic hydroxyl groups excluding tert-OH is 1. The molecule has 0 saturated carbocycles. The van der Waals surface area contributed by atoms with Crippen molar-refractivity contribution >= 4 is 23.4 Å². The van der Waals surface area contributed by atoms with E-state index in [4.69, 9.17) is 30.0 Å². The number of thiazole rings is 1. The molecular formula is C24H35N5O5S. The van der Waals surface area contributed by atoms with Crippen LogP contribution in [0.1, 0.15) is 63.1 Å². The van der Waals surface area contributed by atoms with Gasteiger partial charge in [0.05, 0.1) is 41.1 Å². The molecule has 192 valence electrons. The molecule has 2 aromatic heterocycles. The van der Waals surface area contributed by atoms with Crippen LogP contribution in [0.4, 0.5) is 10.7 Å². The van der Waals surface area contributed by atoms with Gasteiger partial charge in [-0.05, 0) is 46.5 Å². The quantitative estimate of drug-likeness (QED) is 0.598. The largest absolute Gasteiger partial charge is 0.489 e. The average molecular weight is 506 g/mol. The average Bonchev–Trinajstić information content (AvgIpc) is 3.17. The second kappa shape index (κ2) is 11.0. The lowest BCUT2D eigenvalue weighted by molar-refractivity contribution is -0.00535. The monoisotopic (exact) mass is 505 g/mol. The van der Waals surface area contributed by atoms with Gasteiger partial charge in [-0.15, -0.1) is 11.3 Å². The molecule has 1 atom stereocenters. The lowest BCUT2D eigenvalue weighted by Crippen LogP contribution is -2.41. The summed E-state index contributed by atoms with van der Waals surface area (Å²) in [6, 6.07) is 0. The highest BCUT2D eigenvalue weighted by molar-refractivity contribution is 7.15. The van der Waals surface area contributed by atoms with Crippen LogP contribution in [0.3, 0.4) is 0 Å². The van der Waals surface area contributed by atoms with Crippen LogP contribution in [0.25, 0.3) is 10.6 Å². The zero-order chi connectivity index (χ0) is 25.0. The first-order valence-corrected chi connectivity index (χ1v) is 13.0. The number of hydrogen-bond donors (Lipinski definition) is 2. The highest BCUT2D eigenvalue weighted by Crippen LogP contribution is 2.41. The number of aromatic nitrogens is 3. The van der Waals surface area contributed by atoms with E-state index in [0.29, 0.717) is 38.0 Å². The number of ether oxygens (including phenoxy) is 3. The van der Waals surface area contributed by atoms with Crippen molar-refractivity contribution < 1.29 is 24.1 Å². The molecule has 2 aromatic rings. The molecule has 5 heterocycles. The number of nitrogens with zero attached hydrogens (tertiary/aromatic N) is 4. The van der Waals surface area contributed by atoms with Crippen molar-refractivity contribution in [3.63, 3.8) is 0 Å². The zero-order valence-corrected chi connectivity index (χ0v) is 21.5. The molecule has 11 heteroatoms. The van der Waals surface area contributed by atoms with Gasteiger partial charge < -0.3 is 30.0 Å². The Morgan fingerprint density at radius 2 is 2.00 bits per heavy atom. The minimum atomic E-state index is -0.472. The Kier molecular flexibility index (Phi) is 8.08. The van der Waals surface area contributed by atoms with Crippen molar-refractivity contribution in [3.8, 4) is 16.3 Å². The predicted molar refractivity (Wildman–Crippen MR) is 133 cm³/mol. The summed E-state index contributed by atoms with van der Waals surface area (Å²) in [6.07, 6.45) is 5.63. The number of nitrogens with two attached hydrogens (primary N) is 1. The third-order valence-corrected chi connectivity index (χ3v) is 7.20. The smallest absolute Gasteiger partial charge is 0.410 e. The molecule has 0 radical (unpaired) electrons. The van der Waals surface area contributed by atoms with Crippen molar-refractivity contribution in [1.29, 1.82) is 0 Å². The number of likely N-dealkylation sites (tertiary alicyclic amines) is 1. The van der Waals surface area contributed by atoms with Gasteiger partial charge in [-0.1, -0.05) is 0 Å². The van der Waals surface area contributed by atoms with Crippen LogP contribution in [0.15, 0.2) is 6.20 Å². The number of amides is 1. The first kappa shape index (κ1) is 25.6. The standard InChI is InChI=1S/C19H25N5O3S.C5H10O2/c1-19(2,3)27-18(25)24-7-4-11(5-8-24)16-22-12-6-9-26-13-10-21-17(20)23-14(13)15(12)28-16;6-5-2-1-3-7-4-5/h10-11H,4-9H2,1-3H3,(H2,20,21,23);5-6H,1-4H2. The van der Waals surface area contributed by atoms with Gasteiger partial charge in [0.25, 0.3) is 0 Å². The zero-order valence-electron chi connectivity index (χ0n) is 20.7. The van der Waals surface area contributed by atoms with E-state index in [1.165, 1.54) is 0 Å². The molecule has 3 N–H and O–H groups in total. The van der Waals surface area contributed by atoms with E-state index in [-0.39, 0.29) is 18.1 Å². The number of hydrogen-bond acceptors (Lipinski definition) is 10. The van der Waals surface area contributed by atoms with E-state index in [9.17, 15) is 4.79 Å². The van der Waals surface area contributed by atoms with Crippen molar-refractivity contribution in [2.75, 3.05) is 38.6 Å². The Bertz CT molecular complexity index is 1010. The van der Waals surface area contributed by atoms with Gasteiger partial charge in [0.15, 0.2) is 5.75 Å². The summed E-state index contributed by atoms with van der Waals surface area (Å²) in [5.74, 6) is 1.22. The fourth-order valence-corrected chi connectivity index (χ4v) is 5.44. The molecule has 0 bridgehead atoms. The van der Waals surface area contributed by atoms with E-state index in [2.05, 4.69) is 9.97 Å². The molecule has 1 amide bonds. The molecule has 1 unspecified atom stereocenters. The number of fused-ring (bicyclic) bond motifs is 3. The fourth-order valence-electron chi connectivity index (χ4n) is 4.17. The van der Waals surface area contributed by atoms with Crippen LogP contribution in [-0.2, 0) is 15.9 Å². The molecule has 5 rings (SSSR count). The first-order chi connectivity index (χ1) is 16.7. The van der Waals surface area contributed by atoms with Crippen LogP contribution in [0, 0.1) is 0 Å². The summed E-state index contributed by atoms with van der Waals surface area (Å²) in [6.45, 7) is 8.94. The molecule has 2 fully saturated rings. The summed E-state index contributed by atoms with van der Waals surface area (Å²) < 4.78 is 16.2. The lowest BCUT2D eigenvalue weighted by Gasteiger charge is -2.32. The Morgan fingerprint density at radius 3 is 2.63 bits per heavy atom. The number of nitrogen functional groups attached to an aromatic ring is 1. The Labute approximate surface area is 209 Å². The lowest BCUT2D eigenvalue weighted by atomic mass is 9.98. The highest BCUT2D eigenvalue weighted by Gasteiger charge is 2.31. The molecule has 3 aliphatic rings. The molecule has 3 aliphatic heterocycles. The number of piperidine rings is 1. The van der Waals surface area contributed by atoms with Gasteiger partial charge >= 0.3 is 6.09 Å². The maximum absolute atomic E-state index is 12.3. The number of anilines is 1. The number of carbonyl (C=O) groups is 1. The van der Waals surface area contributed by atoms with Crippen LogP contribution in [-0.4, -0.2) is 75.7 Å². The summed E-state index contributed by atoms with van der Waals surface area (Å²) in [5, 5.41) is 9.88. The van der Waals surface area contributed by atoms with Crippen LogP contribution < -0.4 is 10.5 Å². The first-order valence-electron chi connectivity index (χ1n) is 12.2. The number of carbonyl (C=O) groups excluding carboxylic acids is 1. The molecule has 35 heavy (non-hydrogen) atoms. The number of aliphatic hydroxyl groups is 1. The van der Waals surface area contributed by atoms with Crippen molar-refractivity contribution in [2.24, 2.45) is 0 Å². The molecule has 0 aliphatic carbocycles. The van der Waals surface area contributed by atoms with Crippen LogP contribution in [0.5, 0.6) is 5.75 Å². The molecule has 0 spiro atoms. The van der Waals surface area contributed by atoms with Gasteiger partial charge in [0.2, 0.25) is 5.95 Å². The van der Waals surface area contributed by atoms with E-state index >= 15 is 0 Å². The Morgan fingerprint density at radius 1 is 1.23 bits per heavy atom. The summed E-state index contributed by atoms with van der Waals surface area (Å²) in [4.78, 5) is 28.4. The van der Waals surface area contributed by atoms with Crippen molar-refractivity contribution in [2.45, 2.75) is 70.5 Å². The second-order valence-electron chi connectivity index (χ2n) is 9.98. The Balaban J connectivity index is 0.000000356. The van der Waals surface area contributed by atoms with Gasteiger partial charge in [-0.25, -0.2) is 19.7 Å². The van der Waals surface area contributed by atoms with Crippen molar-refractivity contribution in [1.82, 2.24) is 19.9 Å². The van der Waals surface area contributed by atoms with Crippen LogP contribution in [0.2, 0.25) is 0 Å².